The molecule has 0 amide bonds. The van der Waals surface area contributed by atoms with Crippen LogP contribution in [0.3, 0.4) is 0 Å². The lowest BCUT2D eigenvalue weighted by Crippen LogP contribution is -2.13. The van der Waals surface area contributed by atoms with Crippen LogP contribution in [0.2, 0.25) is 0 Å². The van der Waals surface area contributed by atoms with Crippen LogP contribution in [-0.4, -0.2) is 17.7 Å². The topological polar surface area (TPSA) is 48.1 Å². The number of aryl methyl sites for hydroxylation is 1. The number of pyridine rings is 1. The molecule has 2 unspecified atom stereocenters. The second-order valence-corrected chi connectivity index (χ2v) is 4.93. The van der Waals surface area contributed by atoms with E-state index in [1.54, 1.807) is 0 Å². The summed E-state index contributed by atoms with van der Waals surface area (Å²) in [5.74, 6) is 0. The first-order valence-electron chi connectivity index (χ1n) is 6.55. The molecule has 1 aromatic heterocycles. The molecule has 2 rings (SSSR count). The van der Waals surface area contributed by atoms with Gasteiger partial charge in [-0.2, -0.15) is 0 Å². The maximum Gasteiger partial charge on any atom is 0.0576 e. The standard InChI is InChI=1S/C14H22N2O/c1-11-7-8-16-14(10-11)13(15)6-2-4-12-5-3-9-17-12/h7-8,10,12-13H,2-6,9,15H2,1H3. The molecule has 1 saturated heterocycles. The van der Waals surface area contributed by atoms with Gasteiger partial charge in [-0.3, -0.25) is 4.98 Å². The number of hydrogen-bond acceptors (Lipinski definition) is 3. The van der Waals surface area contributed by atoms with Gasteiger partial charge in [0.15, 0.2) is 0 Å². The largest absolute Gasteiger partial charge is 0.378 e. The molecule has 94 valence electrons. The molecule has 0 spiro atoms. The predicted molar refractivity (Wildman–Crippen MR) is 68.7 cm³/mol. The maximum absolute atomic E-state index is 6.15. The fraction of sp³-hybridized carbons (Fsp3) is 0.643. The van der Waals surface area contributed by atoms with Crippen LogP contribution in [-0.2, 0) is 4.74 Å². The van der Waals surface area contributed by atoms with Gasteiger partial charge in [-0.1, -0.05) is 0 Å². The van der Waals surface area contributed by atoms with Gasteiger partial charge >= 0.3 is 0 Å². The molecule has 3 heteroatoms. The molecular formula is C14H22N2O. The van der Waals surface area contributed by atoms with Gasteiger partial charge in [0, 0.05) is 18.8 Å². The van der Waals surface area contributed by atoms with Crippen molar-refractivity contribution in [3.05, 3.63) is 29.6 Å². The van der Waals surface area contributed by atoms with Crippen LogP contribution in [0.25, 0.3) is 0 Å². The van der Waals surface area contributed by atoms with Crippen LogP contribution >= 0.6 is 0 Å². The molecule has 1 fully saturated rings. The minimum absolute atomic E-state index is 0.0660. The van der Waals surface area contributed by atoms with E-state index >= 15 is 0 Å². The van der Waals surface area contributed by atoms with E-state index in [1.807, 2.05) is 12.3 Å². The van der Waals surface area contributed by atoms with Crippen molar-refractivity contribution in [2.75, 3.05) is 6.61 Å². The van der Waals surface area contributed by atoms with Gasteiger partial charge < -0.3 is 10.5 Å². The molecule has 0 radical (unpaired) electrons. The zero-order valence-corrected chi connectivity index (χ0v) is 10.6. The molecule has 1 aliphatic heterocycles. The first-order valence-corrected chi connectivity index (χ1v) is 6.55. The first kappa shape index (κ1) is 12.5. The van der Waals surface area contributed by atoms with Crippen molar-refractivity contribution in [2.45, 2.75) is 51.2 Å². The Morgan fingerprint density at radius 3 is 3.18 bits per heavy atom. The summed E-state index contributed by atoms with van der Waals surface area (Å²) in [5, 5.41) is 0. The van der Waals surface area contributed by atoms with E-state index in [9.17, 15) is 0 Å². The molecule has 0 aromatic carbocycles. The Hall–Kier alpha value is -0.930. The Labute approximate surface area is 103 Å². The minimum atomic E-state index is 0.0660. The SMILES string of the molecule is Cc1ccnc(C(N)CCCC2CCCO2)c1. The Morgan fingerprint density at radius 1 is 1.59 bits per heavy atom. The fourth-order valence-corrected chi connectivity index (χ4v) is 2.35. The zero-order chi connectivity index (χ0) is 12.1. The zero-order valence-electron chi connectivity index (χ0n) is 10.6. The first-order chi connectivity index (χ1) is 8.25. The average Bonchev–Trinajstić information content (AvgIpc) is 2.82. The molecule has 3 nitrogen and oxygen atoms in total. The van der Waals surface area contributed by atoms with E-state index in [1.165, 1.54) is 18.4 Å². The normalized spacial score (nSPS) is 21.6. The number of nitrogens with zero attached hydrogens (tertiary/aromatic N) is 1. The minimum Gasteiger partial charge on any atom is -0.378 e. The molecule has 2 heterocycles. The second kappa shape index (κ2) is 6.12. The Kier molecular flexibility index (Phi) is 4.51. The van der Waals surface area contributed by atoms with Gasteiger partial charge in [0.25, 0.3) is 0 Å². The lowest BCUT2D eigenvalue weighted by atomic mass is 10.0. The molecule has 0 bridgehead atoms. The summed E-state index contributed by atoms with van der Waals surface area (Å²) in [4.78, 5) is 4.33. The number of hydrogen-bond donors (Lipinski definition) is 1. The number of ether oxygens (including phenoxy) is 1. The highest BCUT2D eigenvalue weighted by molar-refractivity contribution is 5.16. The summed E-state index contributed by atoms with van der Waals surface area (Å²) < 4.78 is 5.60. The van der Waals surface area contributed by atoms with Crippen molar-refractivity contribution in [2.24, 2.45) is 5.73 Å². The summed E-state index contributed by atoms with van der Waals surface area (Å²) in [6.07, 6.45) is 8.02. The van der Waals surface area contributed by atoms with Crippen molar-refractivity contribution in [1.29, 1.82) is 0 Å². The monoisotopic (exact) mass is 234 g/mol. The highest BCUT2D eigenvalue weighted by Crippen LogP contribution is 2.21. The van der Waals surface area contributed by atoms with Crippen molar-refractivity contribution in [1.82, 2.24) is 4.98 Å². The molecule has 1 aromatic rings. The summed E-state index contributed by atoms with van der Waals surface area (Å²) >= 11 is 0. The van der Waals surface area contributed by atoms with E-state index in [4.69, 9.17) is 10.5 Å². The Balaban J connectivity index is 1.74. The average molecular weight is 234 g/mol. The fourth-order valence-electron chi connectivity index (χ4n) is 2.35. The molecular weight excluding hydrogens is 212 g/mol. The third kappa shape index (κ3) is 3.79. The number of rotatable bonds is 5. The van der Waals surface area contributed by atoms with Crippen molar-refractivity contribution in [3.63, 3.8) is 0 Å². The highest BCUT2D eigenvalue weighted by Gasteiger charge is 2.16. The Morgan fingerprint density at radius 2 is 2.47 bits per heavy atom. The van der Waals surface area contributed by atoms with E-state index in [2.05, 4.69) is 18.0 Å². The summed E-state index contributed by atoms with van der Waals surface area (Å²) in [7, 11) is 0. The van der Waals surface area contributed by atoms with Crippen LogP contribution in [0.4, 0.5) is 0 Å². The summed E-state index contributed by atoms with van der Waals surface area (Å²) in [5.41, 5.74) is 8.38. The van der Waals surface area contributed by atoms with E-state index < -0.39 is 0 Å². The van der Waals surface area contributed by atoms with Gasteiger partial charge in [-0.15, -0.1) is 0 Å². The van der Waals surface area contributed by atoms with E-state index in [-0.39, 0.29) is 6.04 Å². The lowest BCUT2D eigenvalue weighted by Gasteiger charge is -2.13. The molecule has 0 saturated carbocycles. The number of aromatic nitrogens is 1. The summed E-state index contributed by atoms with van der Waals surface area (Å²) in [6.45, 7) is 3.01. The smallest absolute Gasteiger partial charge is 0.0576 e. The molecule has 2 N–H and O–H groups in total. The van der Waals surface area contributed by atoms with Gasteiger partial charge in [0.2, 0.25) is 0 Å². The second-order valence-electron chi connectivity index (χ2n) is 4.93. The highest BCUT2D eigenvalue weighted by atomic mass is 16.5. The van der Waals surface area contributed by atoms with Crippen molar-refractivity contribution >= 4 is 0 Å². The van der Waals surface area contributed by atoms with Gasteiger partial charge in [-0.05, 0) is 56.7 Å². The van der Waals surface area contributed by atoms with Gasteiger partial charge in [0.1, 0.15) is 0 Å². The number of nitrogens with two attached hydrogens (primary N) is 1. The quantitative estimate of drug-likeness (QED) is 0.852. The third-order valence-corrected chi connectivity index (χ3v) is 3.38. The van der Waals surface area contributed by atoms with Gasteiger partial charge in [-0.25, -0.2) is 0 Å². The molecule has 17 heavy (non-hydrogen) atoms. The maximum atomic E-state index is 6.15. The molecule has 1 aliphatic rings. The van der Waals surface area contributed by atoms with Crippen LogP contribution in [0.15, 0.2) is 18.3 Å². The lowest BCUT2D eigenvalue weighted by molar-refractivity contribution is 0.101. The third-order valence-electron chi connectivity index (χ3n) is 3.38. The molecule has 2 atom stereocenters. The Bertz CT molecular complexity index is 348. The molecule has 0 aliphatic carbocycles. The summed E-state index contributed by atoms with van der Waals surface area (Å²) in [6, 6.07) is 4.15. The van der Waals surface area contributed by atoms with Crippen LogP contribution in [0.5, 0.6) is 0 Å². The van der Waals surface area contributed by atoms with Crippen LogP contribution in [0, 0.1) is 6.92 Å². The van der Waals surface area contributed by atoms with Crippen LogP contribution < -0.4 is 5.73 Å². The van der Waals surface area contributed by atoms with Gasteiger partial charge in [0.05, 0.1) is 11.8 Å². The van der Waals surface area contributed by atoms with Crippen LogP contribution in [0.1, 0.15) is 49.4 Å². The predicted octanol–water partition coefficient (Wildman–Crippen LogP) is 2.74. The van der Waals surface area contributed by atoms with E-state index in [0.29, 0.717) is 6.10 Å². The van der Waals surface area contributed by atoms with Crippen molar-refractivity contribution in [3.8, 4) is 0 Å². The van der Waals surface area contributed by atoms with E-state index in [0.717, 1.165) is 31.6 Å². The van der Waals surface area contributed by atoms with Crippen molar-refractivity contribution < 1.29 is 4.74 Å².